The second-order valence-corrected chi connectivity index (χ2v) is 8.95. The summed E-state index contributed by atoms with van der Waals surface area (Å²) in [6.07, 6.45) is 7.59. The van der Waals surface area contributed by atoms with Crippen molar-refractivity contribution in [3.8, 4) is 4.90 Å². The molecule has 0 aliphatic heterocycles. The highest BCUT2D eigenvalue weighted by molar-refractivity contribution is 7.99. The van der Waals surface area contributed by atoms with Gasteiger partial charge >= 0.3 is 0 Å². The topological polar surface area (TPSA) is 25.8 Å². The predicted molar refractivity (Wildman–Crippen MR) is 111 cm³/mol. The molecule has 5 aromatic rings. The summed E-state index contributed by atoms with van der Waals surface area (Å²) in [4.78, 5) is 12.3. The predicted octanol–water partition coefficient (Wildman–Crippen LogP) is 6.67. The van der Waals surface area contributed by atoms with Gasteiger partial charge in [-0.05, 0) is 42.5 Å². The molecule has 0 fully saturated rings. The van der Waals surface area contributed by atoms with Crippen molar-refractivity contribution in [3.05, 3.63) is 91.5 Å². The Morgan fingerprint density at radius 1 is 0.654 bits per heavy atom. The lowest BCUT2D eigenvalue weighted by Crippen LogP contribution is -1.81. The quantitative estimate of drug-likeness (QED) is 0.331. The van der Waals surface area contributed by atoms with Gasteiger partial charge in [0.15, 0.2) is 9.40 Å². The van der Waals surface area contributed by atoms with E-state index < -0.39 is 0 Å². The lowest BCUT2D eigenvalue weighted by atomic mass is 10.2. The van der Waals surface area contributed by atoms with Crippen LogP contribution in [-0.2, 0) is 0 Å². The Balaban J connectivity index is 1.78. The molecule has 0 saturated carbocycles. The molecule has 26 heavy (non-hydrogen) atoms. The molecule has 0 spiro atoms. The summed E-state index contributed by atoms with van der Waals surface area (Å²) in [6.45, 7) is 0. The molecular formula is C22H15N2S2+. The average Bonchev–Trinajstić information content (AvgIpc) is 3.04. The van der Waals surface area contributed by atoms with Crippen LogP contribution in [0.4, 0.5) is 0 Å². The molecule has 2 nitrogen and oxygen atoms in total. The zero-order valence-corrected chi connectivity index (χ0v) is 15.5. The van der Waals surface area contributed by atoms with E-state index in [-0.39, 0.29) is 10.5 Å². The number of thiophene rings is 1. The maximum Gasteiger partial charge on any atom is 0.211 e. The van der Waals surface area contributed by atoms with Crippen LogP contribution in [0.2, 0.25) is 0 Å². The van der Waals surface area contributed by atoms with Crippen molar-refractivity contribution in [2.75, 3.05) is 0 Å². The molecule has 0 radical (unpaired) electrons. The highest BCUT2D eigenvalue weighted by Gasteiger charge is 2.26. The van der Waals surface area contributed by atoms with E-state index in [1.54, 1.807) is 11.8 Å². The molecule has 0 atom stereocenters. The fourth-order valence-corrected chi connectivity index (χ4v) is 6.77. The van der Waals surface area contributed by atoms with Gasteiger partial charge in [0.1, 0.15) is 0 Å². The zero-order chi connectivity index (χ0) is 17.3. The molecule has 4 heteroatoms. The van der Waals surface area contributed by atoms with E-state index in [4.69, 9.17) is 0 Å². The normalized spacial score (nSPS) is 11.2. The van der Waals surface area contributed by atoms with Gasteiger partial charge in [-0.1, -0.05) is 36.0 Å². The van der Waals surface area contributed by atoms with Crippen LogP contribution in [0.5, 0.6) is 0 Å². The monoisotopic (exact) mass is 371 g/mol. The molecule has 3 heterocycles. The Bertz CT molecular complexity index is 1160. The maximum absolute atomic E-state index is 4.46. The van der Waals surface area contributed by atoms with E-state index in [2.05, 4.69) is 76.7 Å². The first-order valence-corrected chi connectivity index (χ1v) is 10.4. The van der Waals surface area contributed by atoms with E-state index in [0.29, 0.717) is 0 Å². The number of nitrogens with zero attached hydrogens (tertiary/aromatic N) is 2. The van der Waals surface area contributed by atoms with Crippen molar-refractivity contribution in [1.29, 1.82) is 0 Å². The summed E-state index contributed by atoms with van der Waals surface area (Å²) in [5.74, 6) is 0. The van der Waals surface area contributed by atoms with Gasteiger partial charge in [-0.25, -0.2) is 0 Å². The summed E-state index contributed by atoms with van der Waals surface area (Å²) < 4.78 is 2.77. The Kier molecular flexibility index (Phi) is 3.92. The molecule has 0 bridgehead atoms. The van der Waals surface area contributed by atoms with Crippen LogP contribution in [0, 0.1) is 0 Å². The number of rotatable bonds is 3. The van der Waals surface area contributed by atoms with Crippen molar-refractivity contribution < 1.29 is 0 Å². The minimum Gasteiger partial charge on any atom is -0.265 e. The van der Waals surface area contributed by atoms with Crippen LogP contribution in [0.3, 0.4) is 0 Å². The van der Waals surface area contributed by atoms with Crippen molar-refractivity contribution in [3.63, 3.8) is 0 Å². The van der Waals surface area contributed by atoms with Crippen molar-refractivity contribution in [2.45, 2.75) is 9.79 Å². The fraction of sp³-hybridized carbons (Fsp3) is 0. The smallest absolute Gasteiger partial charge is 0.211 e. The Morgan fingerprint density at radius 2 is 1.27 bits per heavy atom. The Labute approximate surface area is 158 Å². The number of aromatic nitrogens is 2. The van der Waals surface area contributed by atoms with Crippen molar-refractivity contribution >= 4 is 42.4 Å². The molecule has 0 amide bonds. The summed E-state index contributed by atoms with van der Waals surface area (Å²) in [5.41, 5.74) is 0. The second-order valence-electron chi connectivity index (χ2n) is 5.91. The van der Waals surface area contributed by atoms with E-state index in [0.717, 1.165) is 0 Å². The molecule has 0 N–H and O–H groups in total. The first kappa shape index (κ1) is 15.6. The van der Waals surface area contributed by atoms with Crippen LogP contribution >= 0.6 is 22.2 Å². The van der Waals surface area contributed by atoms with Crippen LogP contribution in [0.15, 0.2) is 101 Å². The number of hydrogen-bond acceptors (Lipinski definition) is 3. The molecule has 5 rings (SSSR count). The number of benzene rings is 2. The molecule has 0 aliphatic rings. The van der Waals surface area contributed by atoms with Crippen LogP contribution in [0.1, 0.15) is 0 Å². The van der Waals surface area contributed by atoms with Gasteiger partial charge in [0.05, 0.1) is 11.1 Å². The average molecular weight is 372 g/mol. The van der Waals surface area contributed by atoms with E-state index in [1.807, 2.05) is 24.8 Å². The Hall–Kier alpha value is -2.69. The van der Waals surface area contributed by atoms with Crippen LogP contribution in [0.25, 0.3) is 25.1 Å². The molecule has 3 aromatic heterocycles. The van der Waals surface area contributed by atoms with Gasteiger partial charge < -0.3 is 0 Å². The maximum atomic E-state index is 4.46. The van der Waals surface area contributed by atoms with E-state index >= 15 is 0 Å². The standard InChI is InChI=1S/C22H15N2S2/c1-3-7-20-17(5-1)18-6-2-4-8-21(18)26(20)22-15-24-14-11-19(22)25-16-9-12-23-13-10-16/h1-15H/q+1. The molecule has 2 aromatic carbocycles. The Morgan fingerprint density at radius 3 is 1.96 bits per heavy atom. The fourth-order valence-electron chi connectivity index (χ4n) is 3.23. The van der Waals surface area contributed by atoms with Crippen LogP contribution in [-0.4, -0.2) is 9.97 Å². The van der Waals surface area contributed by atoms with Crippen LogP contribution < -0.4 is 0 Å². The van der Waals surface area contributed by atoms with Crippen molar-refractivity contribution in [1.82, 2.24) is 9.97 Å². The summed E-state index contributed by atoms with van der Waals surface area (Å²) >= 11 is 1.78. The van der Waals surface area contributed by atoms with Crippen molar-refractivity contribution in [2.24, 2.45) is 0 Å². The minimum absolute atomic E-state index is 0.125. The summed E-state index contributed by atoms with van der Waals surface area (Å²) in [6, 6.07) is 23.7. The van der Waals surface area contributed by atoms with Gasteiger partial charge in [-0.2, -0.15) is 0 Å². The highest BCUT2D eigenvalue weighted by Crippen LogP contribution is 2.51. The largest absolute Gasteiger partial charge is 0.265 e. The lowest BCUT2D eigenvalue weighted by molar-refractivity contribution is 1.25. The van der Waals surface area contributed by atoms with E-state index in [1.165, 1.54) is 34.9 Å². The first-order chi connectivity index (χ1) is 12.9. The van der Waals surface area contributed by atoms with E-state index in [9.17, 15) is 0 Å². The third-order valence-corrected chi connectivity index (χ3v) is 7.92. The molecule has 0 aliphatic carbocycles. The van der Waals surface area contributed by atoms with Gasteiger partial charge in [0.25, 0.3) is 0 Å². The third kappa shape index (κ3) is 2.59. The molecule has 0 saturated heterocycles. The number of pyridine rings is 2. The molecule has 124 valence electrons. The first-order valence-electron chi connectivity index (χ1n) is 8.36. The van der Waals surface area contributed by atoms with Gasteiger partial charge in [-0.15, -0.1) is 0 Å². The van der Waals surface area contributed by atoms with Gasteiger partial charge in [0.2, 0.25) is 4.90 Å². The van der Waals surface area contributed by atoms with Gasteiger partial charge in [-0.3, -0.25) is 9.97 Å². The minimum atomic E-state index is -0.125. The second kappa shape index (κ2) is 6.56. The summed E-state index contributed by atoms with van der Waals surface area (Å²) in [5, 5.41) is 2.69. The summed E-state index contributed by atoms with van der Waals surface area (Å²) in [7, 11) is -0.125. The highest BCUT2D eigenvalue weighted by atomic mass is 32.2. The lowest BCUT2D eigenvalue weighted by Gasteiger charge is -2.03. The molecular weight excluding hydrogens is 356 g/mol. The zero-order valence-electron chi connectivity index (χ0n) is 13.9. The third-order valence-electron chi connectivity index (χ3n) is 4.35. The van der Waals surface area contributed by atoms with Gasteiger partial charge in [0, 0.05) is 44.7 Å². The number of fused-ring (bicyclic) bond motifs is 3. The number of hydrogen-bond donors (Lipinski definition) is 0. The SMILES string of the molecule is c1ccc2c(c1)c1ccccc1[s+]2-c1cnccc1Sc1ccncc1. The molecule has 0 unspecified atom stereocenters.